The van der Waals surface area contributed by atoms with Crippen molar-refractivity contribution < 1.29 is 18.0 Å². The summed E-state index contributed by atoms with van der Waals surface area (Å²) < 4.78 is 42.1. The molecule has 0 aliphatic rings. The van der Waals surface area contributed by atoms with E-state index < -0.39 is 23.2 Å². The number of carbonyl (C=O) groups is 1. The molecule has 36 heavy (non-hydrogen) atoms. The van der Waals surface area contributed by atoms with Gasteiger partial charge in [-0.05, 0) is 43.3 Å². The SMILES string of the molecule is Cc1cc(NC(=O)c2nn(-c3ccccc3)c(=O)c3ccccc23)n(-c2cccc(C(F)(F)F)c2)n1. The molecule has 10 heteroatoms. The van der Waals surface area contributed by atoms with Crippen molar-refractivity contribution in [2.75, 3.05) is 5.32 Å². The number of aryl methyl sites for hydroxylation is 1. The normalized spacial score (nSPS) is 11.6. The minimum absolute atomic E-state index is 0.0245. The first-order valence-electron chi connectivity index (χ1n) is 10.9. The van der Waals surface area contributed by atoms with Gasteiger partial charge in [0, 0.05) is 11.5 Å². The molecule has 3 aromatic carbocycles. The van der Waals surface area contributed by atoms with Gasteiger partial charge in [0.25, 0.3) is 11.5 Å². The Morgan fingerprint density at radius 1 is 0.806 bits per heavy atom. The van der Waals surface area contributed by atoms with Gasteiger partial charge in [0.1, 0.15) is 5.82 Å². The second kappa shape index (κ2) is 8.81. The highest BCUT2D eigenvalue weighted by atomic mass is 19.4. The number of hydrogen-bond acceptors (Lipinski definition) is 4. The number of hydrogen-bond donors (Lipinski definition) is 1. The highest BCUT2D eigenvalue weighted by molar-refractivity contribution is 6.11. The lowest BCUT2D eigenvalue weighted by molar-refractivity contribution is -0.137. The molecule has 0 aliphatic carbocycles. The van der Waals surface area contributed by atoms with Crippen molar-refractivity contribution >= 4 is 22.5 Å². The van der Waals surface area contributed by atoms with Crippen molar-refractivity contribution in [1.29, 1.82) is 0 Å². The Balaban J connectivity index is 1.60. The van der Waals surface area contributed by atoms with Gasteiger partial charge >= 0.3 is 6.18 Å². The maximum atomic E-state index is 13.4. The molecule has 0 bridgehead atoms. The van der Waals surface area contributed by atoms with E-state index >= 15 is 0 Å². The van der Waals surface area contributed by atoms with Crippen molar-refractivity contribution in [1.82, 2.24) is 19.6 Å². The van der Waals surface area contributed by atoms with E-state index in [1.807, 2.05) is 0 Å². The number of nitrogens with one attached hydrogen (secondary N) is 1. The molecule has 1 amide bonds. The van der Waals surface area contributed by atoms with Gasteiger partial charge in [-0.1, -0.05) is 42.5 Å². The Hall–Kier alpha value is -4.73. The quantitative estimate of drug-likeness (QED) is 0.379. The molecule has 0 saturated carbocycles. The van der Waals surface area contributed by atoms with E-state index in [9.17, 15) is 22.8 Å². The zero-order valence-corrected chi connectivity index (χ0v) is 18.8. The molecule has 0 unspecified atom stereocenters. The van der Waals surface area contributed by atoms with E-state index in [0.29, 0.717) is 22.2 Å². The zero-order chi connectivity index (χ0) is 25.4. The standard InChI is InChI=1S/C26H18F3N5O2/c1-16-14-22(33(31-16)19-11-7-8-17(15-19)26(27,28)29)30-24(35)23-20-12-5-6-13-21(20)25(36)34(32-23)18-9-3-2-4-10-18/h2-15H,1H3,(H,30,35). The number of fused-ring (bicyclic) bond motifs is 1. The summed E-state index contributed by atoms with van der Waals surface area (Å²) in [6, 6.07) is 21.4. The van der Waals surface area contributed by atoms with Crippen LogP contribution in [0, 0.1) is 6.92 Å². The first-order chi connectivity index (χ1) is 17.2. The van der Waals surface area contributed by atoms with Crippen LogP contribution in [0.3, 0.4) is 0 Å². The van der Waals surface area contributed by atoms with Gasteiger partial charge in [0.2, 0.25) is 0 Å². The first kappa shape index (κ1) is 23.0. The summed E-state index contributed by atoms with van der Waals surface area (Å²) in [5.41, 5.74) is -0.169. The molecule has 5 rings (SSSR count). The number of amides is 1. The van der Waals surface area contributed by atoms with Gasteiger partial charge in [-0.15, -0.1) is 0 Å². The van der Waals surface area contributed by atoms with Crippen LogP contribution < -0.4 is 10.9 Å². The van der Waals surface area contributed by atoms with Gasteiger partial charge in [-0.25, -0.2) is 4.68 Å². The Morgan fingerprint density at radius 2 is 1.47 bits per heavy atom. The molecule has 0 fully saturated rings. The van der Waals surface area contributed by atoms with Crippen LogP contribution >= 0.6 is 0 Å². The summed E-state index contributed by atoms with van der Waals surface area (Å²) in [6.45, 7) is 1.66. The molecule has 0 atom stereocenters. The predicted octanol–water partition coefficient (Wildman–Crippen LogP) is 5.15. The van der Waals surface area contributed by atoms with Gasteiger partial charge < -0.3 is 5.32 Å². The van der Waals surface area contributed by atoms with Gasteiger partial charge in [0.05, 0.1) is 28.0 Å². The molecule has 2 aromatic heterocycles. The van der Waals surface area contributed by atoms with E-state index in [4.69, 9.17) is 0 Å². The zero-order valence-electron chi connectivity index (χ0n) is 18.8. The number of para-hydroxylation sites is 1. The van der Waals surface area contributed by atoms with Crippen LogP contribution in [-0.2, 0) is 6.18 Å². The predicted molar refractivity (Wildman–Crippen MR) is 129 cm³/mol. The van der Waals surface area contributed by atoms with Crippen molar-refractivity contribution in [3.63, 3.8) is 0 Å². The maximum absolute atomic E-state index is 13.4. The summed E-state index contributed by atoms with van der Waals surface area (Å²) in [7, 11) is 0. The van der Waals surface area contributed by atoms with E-state index in [2.05, 4.69) is 15.5 Å². The molecule has 0 radical (unpaired) electrons. The highest BCUT2D eigenvalue weighted by Crippen LogP contribution is 2.31. The van der Waals surface area contributed by atoms with Crippen LogP contribution in [0.15, 0.2) is 89.7 Å². The van der Waals surface area contributed by atoms with E-state index in [0.717, 1.165) is 16.8 Å². The molecule has 180 valence electrons. The number of carbonyl (C=O) groups excluding carboxylic acids is 1. The highest BCUT2D eigenvalue weighted by Gasteiger charge is 2.31. The largest absolute Gasteiger partial charge is 0.416 e. The third kappa shape index (κ3) is 4.24. The topological polar surface area (TPSA) is 81.8 Å². The number of alkyl halides is 3. The van der Waals surface area contributed by atoms with Crippen LogP contribution in [0.2, 0.25) is 0 Å². The molecule has 0 saturated heterocycles. The van der Waals surface area contributed by atoms with Crippen LogP contribution in [0.5, 0.6) is 0 Å². The smallest absolute Gasteiger partial charge is 0.305 e. The molecule has 7 nitrogen and oxygen atoms in total. The molecular weight excluding hydrogens is 471 g/mol. The Bertz CT molecular complexity index is 1660. The lowest BCUT2D eigenvalue weighted by Crippen LogP contribution is -2.27. The van der Waals surface area contributed by atoms with Crippen molar-refractivity contribution in [3.05, 3.63) is 112 Å². The van der Waals surface area contributed by atoms with Crippen LogP contribution in [-0.4, -0.2) is 25.5 Å². The number of nitrogens with zero attached hydrogens (tertiary/aromatic N) is 4. The second-order valence-electron chi connectivity index (χ2n) is 8.03. The van der Waals surface area contributed by atoms with Crippen molar-refractivity contribution in [3.8, 4) is 11.4 Å². The molecule has 0 spiro atoms. The monoisotopic (exact) mass is 489 g/mol. The van der Waals surface area contributed by atoms with Crippen molar-refractivity contribution in [2.45, 2.75) is 13.1 Å². The fraction of sp³-hybridized carbons (Fsp3) is 0.0769. The second-order valence-corrected chi connectivity index (χ2v) is 8.03. The molecule has 5 aromatic rings. The summed E-state index contributed by atoms with van der Waals surface area (Å²) in [6.07, 6.45) is -4.53. The van der Waals surface area contributed by atoms with Gasteiger partial charge in [-0.2, -0.15) is 28.1 Å². The fourth-order valence-electron chi connectivity index (χ4n) is 3.88. The third-order valence-electron chi connectivity index (χ3n) is 5.51. The minimum atomic E-state index is -4.53. The van der Waals surface area contributed by atoms with Crippen LogP contribution in [0.25, 0.3) is 22.1 Å². The molecule has 0 aliphatic heterocycles. The van der Waals surface area contributed by atoms with E-state index in [1.165, 1.54) is 22.9 Å². The Morgan fingerprint density at radius 3 is 2.19 bits per heavy atom. The average molecular weight is 489 g/mol. The number of rotatable bonds is 4. The minimum Gasteiger partial charge on any atom is -0.305 e. The Kier molecular flexibility index (Phi) is 5.63. The molecule has 2 heterocycles. The summed E-state index contributed by atoms with van der Waals surface area (Å²) in [5.74, 6) is -0.496. The lowest BCUT2D eigenvalue weighted by atomic mass is 10.1. The van der Waals surface area contributed by atoms with Gasteiger partial charge in [0.15, 0.2) is 5.69 Å². The summed E-state index contributed by atoms with van der Waals surface area (Å²) >= 11 is 0. The maximum Gasteiger partial charge on any atom is 0.416 e. The molecule has 1 N–H and O–H groups in total. The molecular formula is C26H18F3N5O2. The average Bonchev–Trinajstić information content (AvgIpc) is 3.24. The number of anilines is 1. The van der Waals surface area contributed by atoms with E-state index in [1.54, 1.807) is 61.5 Å². The fourth-order valence-corrected chi connectivity index (χ4v) is 3.88. The lowest BCUT2D eigenvalue weighted by Gasteiger charge is -2.13. The van der Waals surface area contributed by atoms with Crippen LogP contribution in [0.1, 0.15) is 21.7 Å². The number of halogens is 3. The van der Waals surface area contributed by atoms with Crippen molar-refractivity contribution in [2.24, 2.45) is 0 Å². The number of aromatic nitrogens is 4. The third-order valence-corrected chi connectivity index (χ3v) is 5.51. The Labute approximate surface area is 202 Å². The van der Waals surface area contributed by atoms with E-state index in [-0.39, 0.29) is 17.2 Å². The van der Waals surface area contributed by atoms with Crippen LogP contribution in [0.4, 0.5) is 19.0 Å². The summed E-state index contributed by atoms with van der Waals surface area (Å²) in [5, 5.41) is 11.9. The first-order valence-corrected chi connectivity index (χ1v) is 10.9. The number of benzene rings is 3. The summed E-state index contributed by atoms with van der Waals surface area (Å²) in [4.78, 5) is 26.5. The van der Waals surface area contributed by atoms with Gasteiger partial charge in [-0.3, -0.25) is 9.59 Å².